The van der Waals surface area contributed by atoms with Crippen molar-refractivity contribution < 1.29 is 8.42 Å². The van der Waals surface area contributed by atoms with Crippen molar-refractivity contribution in [3.63, 3.8) is 0 Å². The number of benzene rings is 1. The Hall–Kier alpha value is -0.250. The molecule has 0 unspecified atom stereocenters. The van der Waals surface area contributed by atoms with Crippen LogP contribution in [0.4, 0.5) is 0 Å². The van der Waals surface area contributed by atoms with Gasteiger partial charge in [-0.2, -0.15) is 0 Å². The van der Waals surface area contributed by atoms with Crippen molar-refractivity contribution in [3.8, 4) is 0 Å². The molecule has 0 aliphatic heterocycles. The second-order valence-corrected chi connectivity index (χ2v) is 6.66. The van der Waals surface area contributed by atoms with Crippen LogP contribution >= 0.6 is 22.3 Å². The van der Waals surface area contributed by atoms with Gasteiger partial charge in [-0.25, -0.2) is 8.42 Å². The van der Waals surface area contributed by atoms with Gasteiger partial charge >= 0.3 is 0 Å². The largest absolute Gasteiger partial charge is 0.232 e. The highest BCUT2D eigenvalue weighted by molar-refractivity contribution is 8.13. The van der Waals surface area contributed by atoms with E-state index >= 15 is 0 Å². The molecule has 0 heterocycles. The summed E-state index contributed by atoms with van der Waals surface area (Å²) in [5.74, 6) is 0.0438. The molecular weight excluding hydrogens is 255 g/mol. The molecule has 0 radical (unpaired) electrons. The van der Waals surface area contributed by atoms with Crippen molar-refractivity contribution >= 4 is 31.3 Å². The molecule has 15 heavy (non-hydrogen) atoms. The van der Waals surface area contributed by atoms with E-state index in [1.54, 1.807) is 0 Å². The molecule has 2 nitrogen and oxygen atoms in total. The van der Waals surface area contributed by atoms with Gasteiger partial charge in [0, 0.05) is 15.7 Å². The Morgan fingerprint density at radius 1 is 1.07 bits per heavy atom. The van der Waals surface area contributed by atoms with Gasteiger partial charge in [-0.15, -0.1) is 0 Å². The van der Waals surface area contributed by atoms with E-state index in [2.05, 4.69) is 0 Å². The van der Waals surface area contributed by atoms with Gasteiger partial charge in [0.05, 0.1) is 5.75 Å². The number of unbranched alkanes of at least 4 members (excludes halogenated alkanes) is 1. The van der Waals surface area contributed by atoms with Crippen LogP contribution in [0.1, 0.15) is 18.4 Å². The maximum absolute atomic E-state index is 10.6. The lowest BCUT2D eigenvalue weighted by atomic mass is 10.1. The predicted molar refractivity (Wildman–Crippen MR) is 64.0 cm³/mol. The number of rotatable bonds is 5. The van der Waals surface area contributed by atoms with Crippen molar-refractivity contribution in [2.75, 3.05) is 5.75 Å². The third kappa shape index (κ3) is 6.03. The van der Waals surface area contributed by atoms with Crippen LogP contribution in [0.3, 0.4) is 0 Å². The molecule has 0 N–H and O–H groups in total. The summed E-state index contributed by atoms with van der Waals surface area (Å²) in [6.07, 6.45) is 2.26. The molecule has 84 valence electrons. The Morgan fingerprint density at radius 3 is 2.20 bits per heavy atom. The Morgan fingerprint density at radius 2 is 1.67 bits per heavy atom. The summed E-state index contributed by atoms with van der Waals surface area (Å²) < 4.78 is 21.3. The van der Waals surface area contributed by atoms with E-state index in [1.165, 1.54) is 0 Å². The fourth-order valence-corrected chi connectivity index (χ4v) is 2.26. The first-order valence-electron chi connectivity index (χ1n) is 4.64. The normalized spacial score (nSPS) is 11.6. The van der Waals surface area contributed by atoms with Crippen LogP contribution in [0.15, 0.2) is 24.3 Å². The minimum Gasteiger partial charge on any atom is -0.212 e. The molecular formula is C10H12Cl2O2S. The van der Waals surface area contributed by atoms with Crippen LogP contribution in [0.5, 0.6) is 0 Å². The topological polar surface area (TPSA) is 34.1 Å². The van der Waals surface area contributed by atoms with Gasteiger partial charge in [0.15, 0.2) is 0 Å². The first-order valence-corrected chi connectivity index (χ1v) is 7.50. The highest BCUT2D eigenvalue weighted by Crippen LogP contribution is 2.12. The van der Waals surface area contributed by atoms with E-state index < -0.39 is 9.05 Å². The van der Waals surface area contributed by atoms with Gasteiger partial charge in [0.1, 0.15) is 0 Å². The van der Waals surface area contributed by atoms with Gasteiger partial charge in [-0.3, -0.25) is 0 Å². The first kappa shape index (κ1) is 12.8. The average molecular weight is 267 g/mol. The summed E-state index contributed by atoms with van der Waals surface area (Å²) in [7, 11) is 1.76. The molecule has 1 aromatic carbocycles. The molecule has 0 amide bonds. The highest BCUT2D eigenvalue weighted by Gasteiger charge is 2.03. The van der Waals surface area contributed by atoms with Gasteiger partial charge in [-0.1, -0.05) is 23.7 Å². The quantitative estimate of drug-likeness (QED) is 0.606. The minimum absolute atomic E-state index is 0.0438. The van der Waals surface area contributed by atoms with Crippen LogP contribution < -0.4 is 0 Å². The molecule has 0 spiro atoms. The van der Waals surface area contributed by atoms with Crippen LogP contribution in [-0.4, -0.2) is 14.2 Å². The van der Waals surface area contributed by atoms with E-state index in [0.717, 1.165) is 18.4 Å². The monoisotopic (exact) mass is 266 g/mol. The Labute approximate surface area is 99.6 Å². The fourth-order valence-electron chi connectivity index (χ4n) is 1.25. The van der Waals surface area contributed by atoms with Crippen molar-refractivity contribution in [2.24, 2.45) is 0 Å². The molecule has 0 atom stereocenters. The average Bonchev–Trinajstić information content (AvgIpc) is 2.14. The third-order valence-corrected chi connectivity index (χ3v) is 3.51. The lowest BCUT2D eigenvalue weighted by Crippen LogP contribution is -1.97. The van der Waals surface area contributed by atoms with Crippen molar-refractivity contribution in [3.05, 3.63) is 34.9 Å². The molecule has 5 heteroatoms. The smallest absolute Gasteiger partial charge is 0.212 e. The van der Waals surface area contributed by atoms with E-state index in [4.69, 9.17) is 22.3 Å². The van der Waals surface area contributed by atoms with Crippen molar-refractivity contribution in [2.45, 2.75) is 19.3 Å². The second kappa shape index (κ2) is 5.73. The summed E-state index contributed by atoms with van der Waals surface area (Å²) in [6, 6.07) is 7.54. The standard InChI is InChI=1S/C10H12Cl2O2S/c11-10-6-4-9(5-7-10)3-1-2-8-15(12,13)14/h4-7H,1-3,8H2. The SMILES string of the molecule is O=S(=O)(Cl)CCCCc1ccc(Cl)cc1. The zero-order valence-corrected chi connectivity index (χ0v) is 10.4. The van der Waals surface area contributed by atoms with Crippen LogP contribution in [0.2, 0.25) is 5.02 Å². The molecule has 0 saturated carbocycles. The minimum atomic E-state index is -3.33. The maximum atomic E-state index is 10.6. The van der Waals surface area contributed by atoms with Crippen LogP contribution in [-0.2, 0) is 15.5 Å². The molecule has 0 fully saturated rings. The van der Waals surface area contributed by atoms with Gasteiger partial charge in [0.25, 0.3) is 0 Å². The Bertz CT molecular complexity index is 398. The number of halogens is 2. The van der Waals surface area contributed by atoms with Gasteiger partial charge in [0.2, 0.25) is 9.05 Å². The molecule has 0 aliphatic carbocycles. The van der Waals surface area contributed by atoms with E-state index in [1.807, 2.05) is 24.3 Å². The van der Waals surface area contributed by atoms with Crippen LogP contribution in [0, 0.1) is 0 Å². The summed E-state index contributed by atoms with van der Waals surface area (Å²) in [5, 5.41) is 0.710. The highest BCUT2D eigenvalue weighted by atomic mass is 35.7. The maximum Gasteiger partial charge on any atom is 0.232 e. The zero-order valence-electron chi connectivity index (χ0n) is 8.12. The first-order chi connectivity index (χ1) is 6.97. The Kier molecular flexibility index (Phi) is 4.90. The number of hydrogen-bond acceptors (Lipinski definition) is 2. The van der Waals surface area contributed by atoms with Gasteiger partial charge in [-0.05, 0) is 37.0 Å². The molecule has 0 saturated heterocycles. The van der Waals surface area contributed by atoms with E-state index in [0.29, 0.717) is 11.4 Å². The fraction of sp³-hybridized carbons (Fsp3) is 0.400. The zero-order chi connectivity index (χ0) is 11.3. The molecule has 1 aromatic rings. The summed E-state index contributed by atoms with van der Waals surface area (Å²) in [5.41, 5.74) is 1.16. The summed E-state index contributed by atoms with van der Waals surface area (Å²) >= 11 is 5.74. The van der Waals surface area contributed by atoms with E-state index in [-0.39, 0.29) is 5.75 Å². The number of aryl methyl sites for hydroxylation is 1. The van der Waals surface area contributed by atoms with E-state index in [9.17, 15) is 8.42 Å². The molecule has 0 bridgehead atoms. The lowest BCUT2D eigenvalue weighted by Gasteiger charge is -2.00. The molecule has 0 aromatic heterocycles. The summed E-state index contributed by atoms with van der Waals surface area (Å²) in [6.45, 7) is 0. The van der Waals surface area contributed by atoms with Crippen molar-refractivity contribution in [1.29, 1.82) is 0 Å². The van der Waals surface area contributed by atoms with Crippen molar-refractivity contribution in [1.82, 2.24) is 0 Å². The van der Waals surface area contributed by atoms with Gasteiger partial charge < -0.3 is 0 Å². The number of hydrogen-bond donors (Lipinski definition) is 0. The third-order valence-electron chi connectivity index (χ3n) is 2.02. The van der Waals surface area contributed by atoms with Crippen LogP contribution in [0.25, 0.3) is 0 Å². The second-order valence-electron chi connectivity index (χ2n) is 3.33. The predicted octanol–water partition coefficient (Wildman–Crippen LogP) is 3.23. The molecule has 1 rings (SSSR count). The Balaban J connectivity index is 2.29. The molecule has 0 aliphatic rings. The summed E-state index contributed by atoms with van der Waals surface area (Å²) in [4.78, 5) is 0. The lowest BCUT2D eigenvalue weighted by molar-refractivity contribution is 0.605.